The van der Waals surface area contributed by atoms with Crippen molar-refractivity contribution in [1.29, 1.82) is 0 Å². The average Bonchev–Trinajstić information content (AvgIpc) is 3.29. The Morgan fingerprint density at radius 1 is 1.22 bits per heavy atom. The molecule has 0 saturated carbocycles. The van der Waals surface area contributed by atoms with Crippen molar-refractivity contribution in [3.63, 3.8) is 0 Å². The quantitative estimate of drug-likeness (QED) is 0.818. The van der Waals surface area contributed by atoms with E-state index in [2.05, 4.69) is 5.32 Å². The van der Waals surface area contributed by atoms with Crippen molar-refractivity contribution in [3.8, 4) is 0 Å². The molecule has 2 amide bonds. The number of hydrogen-bond acceptors (Lipinski definition) is 4. The summed E-state index contributed by atoms with van der Waals surface area (Å²) >= 11 is 1.45. The van der Waals surface area contributed by atoms with Gasteiger partial charge in [-0.1, -0.05) is 12.1 Å². The van der Waals surface area contributed by atoms with Gasteiger partial charge in [0.2, 0.25) is 5.91 Å². The number of rotatable bonds is 6. The van der Waals surface area contributed by atoms with Crippen LogP contribution in [0.15, 0.2) is 30.3 Å². The van der Waals surface area contributed by atoms with E-state index in [1.165, 1.54) is 11.3 Å². The van der Waals surface area contributed by atoms with Gasteiger partial charge in [0.15, 0.2) is 0 Å². The highest BCUT2D eigenvalue weighted by atomic mass is 32.1. The zero-order valence-electron chi connectivity index (χ0n) is 16.1. The van der Waals surface area contributed by atoms with Crippen LogP contribution in [0.25, 0.3) is 0 Å². The molecule has 1 aliphatic heterocycles. The Morgan fingerprint density at radius 2 is 2.04 bits per heavy atom. The van der Waals surface area contributed by atoms with Gasteiger partial charge in [0.1, 0.15) is 6.54 Å². The summed E-state index contributed by atoms with van der Waals surface area (Å²) in [5.74, 6) is -0.303. The lowest BCUT2D eigenvalue weighted by Gasteiger charge is -2.24. The van der Waals surface area contributed by atoms with Gasteiger partial charge in [-0.3, -0.25) is 9.59 Å². The van der Waals surface area contributed by atoms with Crippen LogP contribution in [0.2, 0.25) is 0 Å². The van der Waals surface area contributed by atoms with E-state index in [1.54, 1.807) is 4.90 Å². The van der Waals surface area contributed by atoms with Crippen LogP contribution in [-0.2, 0) is 9.53 Å². The molecule has 1 atom stereocenters. The molecule has 1 aromatic carbocycles. The fourth-order valence-corrected chi connectivity index (χ4v) is 4.04. The summed E-state index contributed by atoms with van der Waals surface area (Å²) in [6.45, 7) is 7.14. The molecule has 1 aliphatic rings. The number of anilines is 1. The van der Waals surface area contributed by atoms with Gasteiger partial charge in [-0.05, 0) is 62.9 Å². The number of ether oxygens (including phenoxy) is 1. The number of carbonyl (C=O) groups excluding carboxylic acids is 2. The van der Waals surface area contributed by atoms with Crippen molar-refractivity contribution >= 4 is 28.8 Å². The molecule has 1 N–H and O–H groups in total. The third-order valence-electron chi connectivity index (χ3n) is 4.90. The van der Waals surface area contributed by atoms with Crippen molar-refractivity contribution in [2.75, 3.05) is 25.0 Å². The summed E-state index contributed by atoms with van der Waals surface area (Å²) in [5, 5.41) is 2.95. The third-order valence-corrected chi connectivity index (χ3v) is 5.89. The molecule has 0 aliphatic carbocycles. The van der Waals surface area contributed by atoms with Crippen molar-refractivity contribution in [3.05, 3.63) is 51.2 Å². The van der Waals surface area contributed by atoms with E-state index in [1.807, 2.05) is 51.1 Å². The molecule has 2 aromatic rings. The zero-order valence-corrected chi connectivity index (χ0v) is 16.9. The maximum atomic E-state index is 13.0. The SMILES string of the molecule is Cc1ccc(C(=O)N(CC(=O)Nc2cccc(C)c2C)C[C@@H]2CCCO2)s1. The van der Waals surface area contributed by atoms with E-state index in [4.69, 9.17) is 4.74 Å². The highest BCUT2D eigenvalue weighted by molar-refractivity contribution is 7.13. The fourth-order valence-electron chi connectivity index (χ4n) is 3.21. The third kappa shape index (κ3) is 4.96. The molecule has 6 heteroatoms. The van der Waals surface area contributed by atoms with Crippen LogP contribution in [-0.4, -0.2) is 42.5 Å². The van der Waals surface area contributed by atoms with Crippen molar-refractivity contribution in [2.45, 2.75) is 39.7 Å². The summed E-state index contributed by atoms with van der Waals surface area (Å²) in [6.07, 6.45) is 1.93. The number of carbonyl (C=O) groups is 2. The van der Waals surface area contributed by atoms with E-state index >= 15 is 0 Å². The predicted octanol–water partition coefficient (Wildman–Crippen LogP) is 3.93. The Balaban J connectivity index is 1.72. The van der Waals surface area contributed by atoms with Crippen LogP contribution in [0.4, 0.5) is 5.69 Å². The average molecular weight is 387 g/mol. The Bertz CT molecular complexity index is 825. The zero-order chi connectivity index (χ0) is 19.4. The fraction of sp³-hybridized carbons (Fsp3) is 0.429. The summed E-state index contributed by atoms with van der Waals surface area (Å²) in [7, 11) is 0. The molecule has 0 bridgehead atoms. The number of aryl methyl sites for hydroxylation is 2. The van der Waals surface area contributed by atoms with Crippen LogP contribution in [0.5, 0.6) is 0 Å². The second-order valence-electron chi connectivity index (χ2n) is 7.03. The number of amides is 2. The largest absolute Gasteiger partial charge is 0.376 e. The molecular weight excluding hydrogens is 360 g/mol. The summed E-state index contributed by atoms with van der Waals surface area (Å²) in [4.78, 5) is 29.0. The normalized spacial score (nSPS) is 16.3. The Labute approximate surface area is 164 Å². The molecule has 1 fully saturated rings. The molecule has 0 radical (unpaired) electrons. The molecule has 0 spiro atoms. The Hall–Kier alpha value is -2.18. The molecule has 1 aromatic heterocycles. The Kier molecular flexibility index (Phi) is 6.29. The van der Waals surface area contributed by atoms with Crippen LogP contribution >= 0.6 is 11.3 Å². The van der Waals surface area contributed by atoms with Crippen LogP contribution in [0, 0.1) is 20.8 Å². The number of benzene rings is 1. The first-order valence-electron chi connectivity index (χ1n) is 9.27. The number of thiophene rings is 1. The standard InChI is InChI=1S/C21H26N2O3S/c1-14-6-4-8-18(16(14)3)22-20(24)13-23(12-17-7-5-11-26-17)21(25)19-10-9-15(2)27-19/h4,6,8-10,17H,5,7,11-13H2,1-3H3,(H,22,24)/t17-/m0/s1. The molecule has 27 heavy (non-hydrogen) atoms. The smallest absolute Gasteiger partial charge is 0.264 e. The van der Waals surface area contributed by atoms with Crippen molar-refractivity contribution < 1.29 is 14.3 Å². The molecular formula is C21H26N2O3S. The minimum absolute atomic E-state index is 0.00325. The van der Waals surface area contributed by atoms with E-state index in [0.29, 0.717) is 11.4 Å². The van der Waals surface area contributed by atoms with E-state index < -0.39 is 0 Å². The van der Waals surface area contributed by atoms with Gasteiger partial charge in [-0.25, -0.2) is 0 Å². The first-order valence-corrected chi connectivity index (χ1v) is 10.1. The highest BCUT2D eigenvalue weighted by Crippen LogP contribution is 2.21. The van der Waals surface area contributed by atoms with Crippen LogP contribution < -0.4 is 5.32 Å². The second kappa shape index (κ2) is 8.67. The van der Waals surface area contributed by atoms with Gasteiger partial charge in [-0.2, -0.15) is 0 Å². The minimum Gasteiger partial charge on any atom is -0.376 e. The van der Waals surface area contributed by atoms with Gasteiger partial charge in [-0.15, -0.1) is 11.3 Å². The second-order valence-corrected chi connectivity index (χ2v) is 8.31. The lowest BCUT2D eigenvalue weighted by atomic mass is 10.1. The van der Waals surface area contributed by atoms with E-state index in [-0.39, 0.29) is 24.5 Å². The lowest BCUT2D eigenvalue weighted by molar-refractivity contribution is -0.117. The molecule has 3 rings (SSSR count). The molecule has 5 nitrogen and oxygen atoms in total. The molecule has 144 valence electrons. The van der Waals surface area contributed by atoms with Crippen LogP contribution in [0.1, 0.15) is 38.5 Å². The maximum absolute atomic E-state index is 13.0. The Morgan fingerprint density at radius 3 is 2.70 bits per heavy atom. The summed E-state index contributed by atoms with van der Waals surface area (Å²) in [6, 6.07) is 9.57. The van der Waals surface area contributed by atoms with Gasteiger partial charge in [0.25, 0.3) is 5.91 Å². The topological polar surface area (TPSA) is 58.6 Å². The van der Waals surface area contributed by atoms with Crippen LogP contribution in [0.3, 0.4) is 0 Å². The van der Waals surface area contributed by atoms with E-state index in [9.17, 15) is 9.59 Å². The monoisotopic (exact) mass is 386 g/mol. The van der Waals surface area contributed by atoms with Gasteiger partial charge < -0.3 is 15.0 Å². The summed E-state index contributed by atoms with van der Waals surface area (Å²) in [5.41, 5.74) is 2.95. The molecule has 2 heterocycles. The minimum atomic E-state index is -0.191. The van der Waals surface area contributed by atoms with Gasteiger partial charge >= 0.3 is 0 Å². The van der Waals surface area contributed by atoms with Gasteiger partial charge in [0, 0.05) is 23.7 Å². The van der Waals surface area contributed by atoms with Crippen molar-refractivity contribution in [2.24, 2.45) is 0 Å². The number of hydrogen-bond donors (Lipinski definition) is 1. The maximum Gasteiger partial charge on any atom is 0.264 e. The molecule has 1 saturated heterocycles. The van der Waals surface area contributed by atoms with Gasteiger partial charge in [0.05, 0.1) is 11.0 Å². The lowest BCUT2D eigenvalue weighted by Crippen LogP contribution is -2.42. The first-order chi connectivity index (χ1) is 12.9. The highest BCUT2D eigenvalue weighted by Gasteiger charge is 2.26. The number of nitrogens with one attached hydrogen (secondary N) is 1. The number of nitrogens with zero attached hydrogens (tertiary/aromatic N) is 1. The summed E-state index contributed by atoms with van der Waals surface area (Å²) < 4.78 is 5.69. The first kappa shape index (κ1) is 19.6. The van der Waals surface area contributed by atoms with E-state index in [0.717, 1.165) is 41.1 Å². The molecule has 0 unspecified atom stereocenters. The predicted molar refractivity (Wildman–Crippen MR) is 108 cm³/mol. The van der Waals surface area contributed by atoms with Crippen molar-refractivity contribution in [1.82, 2.24) is 4.90 Å².